The van der Waals surface area contributed by atoms with Crippen molar-refractivity contribution in [3.05, 3.63) is 53.0 Å². The summed E-state index contributed by atoms with van der Waals surface area (Å²) < 4.78 is 24.0. The summed E-state index contributed by atoms with van der Waals surface area (Å²) in [7, 11) is 1.69. The van der Waals surface area contributed by atoms with Crippen molar-refractivity contribution < 1.29 is 9.13 Å². The third kappa shape index (κ3) is 4.55. The van der Waals surface area contributed by atoms with Gasteiger partial charge in [-0.05, 0) is 58.3 Å². The van der Waals surface area contributed by atoms with E-state index in [-0.39, 0.29) is 11.7 Å². The zero-order valence-corrected chi connectivity index (χ0v) is 20.5. The van der Waals surface area contributed by atoms with Crippen molar-refractivity contribution in [2.75, 3.05) is 26.2 Å². The second-order valence-electron chi connectivity index (χ2n) is 9.47. The Morgan fingerprint density at radius 1 is 1.20 bits per heavy atom. The van der Waals surface area contributed by atoms with Crippen LogP contribution in [0.1, 0.15) is 45.6 Å². The molecule has 5 rings (SSSR count). The molecule has 1 aromatic carbocycles. The molecule has 0 spiro atoms. The summed E-state index contributed by atoms with van der Waals surface area (Å²) in [6.07, 6.45) is 9.34. The first kappa shape index (κ1) is 23.5. The quantitative estimate of drug-likeness (QED) is 0.368. The Kier molecular flexibility index (Phi) is 6.56. The molecular formula is C27H30FN5O2. The van der Waals surface area contributed by atoms with E-state index in [1.54, 1.807) is 36.0 Å². The van der Waals surface area contributed by atoms with Crippen molar-refractivity contribution in [1.29, 1.82) is 0 Å². The highest BCUT2D eigenvalue weighted by Crippen LogP contribution is 2.31. The SMILES string of the molecule is CC(C)n1c(=O)n(C)c2[c]nc3[c]c(F)c(-c4ccc(OCCCN5CCCCC5)nc4)cc3c21. The van der Waals surface area contributed by atoms with Gasteiger partial charge in [0, 0.05) is 54.5 Å². The van der Waals surface area contributed by atoms with E-state index in [0.29, 0.717) is 45.6 Å². The van der Waals surface area contributed by atoms with Gasteiger partial charge in [-0.25, -0.2) is 19.2 Å². The minimum absolute atomic E-state index is 0.0771. The van der Waals surface area contributed by atoms with Crippen LogP contribution in [0.15, 0.2) is 29.2 Å². The highest BCUT2D eigenvalue weighted by atomic mass is 19.1. The number of benzene rings is 1. The molecule has 0 atom stereocenters. The summed E-state index contributed by atoms with van der Waals surface area (Å²) in [4.78, 5) is 23.9. The van der Waals surface area contributed by atoms with Crippen LogP contribution in [0.25, 0.3) is 33.1 Å². The molecule has 7 nitrogen and oxygen atoms in total. The third-order valence-electron chi connectivity index (χ3n) is 6.71. The second kappa shape index (κ2) is 9.77. The van der Waals surface area contributed by atoms with E-state index >= 15 is 4.39 Å². The van der Waals surface area contributed by atoms with Gasteiger partial charge in [-0.2, -0.15) is 0 Å². The average molecular weight is 476 g/mol. The molecule has 182 valence electrons. The number of aryl methyl sites for hydroxylation is 1. The van der Waals surface area contributed by atoms with Gasteiger partial charge >= 0.3 is 5.69 Å². The van der Waals surface area contributed by atoms with Crippen LogP contribution in [-0.2, 0) is 7.05 Å². The van der Waals surface area contributed by atoms with Gasteiger partial charge in [0.1, 0.15) is 12.0 Å². The van der Waals surface area contributed by atoms with Crippen LogP contribution in [-0.4, -0.2) is 50.2 Å². The number of pyridine rings is 2. The van der Waals surface area contributed by atoms with Gasteiger partial charge in [0.2, 0.25) is 5.88 Å². The molecule has 0 amide bonds. The van der Waals surface area contributed by atoms with Gasteiger partial charge in [0.05, 0.1) is 23.2 Å². The smallest absolute Gasteiger partial charge is 0.329 e. The number of nitrogens with zero attached hydrogens (tertiary/aromatic N) is 5. The van der Waals surface area contributed by atoms with E-state index in [1.165, 1.54) is 36.9 Å². The number of ether oxygens (including phenoxy) is 1. The lowest BCUT2D eigenvalue weighted by Gasteiger charge is -2.26. The number of halogens is 1. The summed E-state index contributed by atoms with van der Waals surface area (Å²) in [6, 6.07) is 7.94. The molecule has 3 aromatic heterocycles. The minimum Gasteiger partial charge on any atom is -0.478 e. The monoisotopic (exact) mass is 475 g/mol. The Morgan fingerprint density at radius 3 is 2.71 bits per heavy atom. The number of rotatable bonds is 7. The van der Waals surface area contributed by atoms with Crippen LogP contribution in [0.4, 0.5) is 4.39 Å². The number of piperidine rings is 1. The first-order chi connectivity index (χ1) is 16.9. The number of hydrogen-bond acceptors (Lipinski definition) is 5. The van der Waals surface area contributed by atoms with E-state index in [4.69, 9.17) is 4.74 Å². The first-order valence-corrected chi connectivity index (χ1v) is 12.3. The Balaban J connectivity index is 1.40. The minimum atomic E-state index is -0.524. The second-order valence-corrected chi connectivity index (χ2v) is 9.47. The van der Waals surface area contributed by atoms with Crippen LogP contribution >= 0.6 is 0 Å². The molecule has 35 heavy (non-hydrogen) atoms. The van der Waals surface area contributed by atoms with Gasteiger partial charge in [-0.3, -0.25) is 9.13 Å². The maximum absolute atomic E-state index is 15.0. The summed E-state index contributed by atoms with van der Waals surface area (Å²) in [6.45, 7) is 7.88. The van der Waals surface area contributed by atoms with E-state index in [1.807, 2.05) is 13.8 Å². The highest BCUT2D eigenvalue weighted by molar-refractivity contribution is 6.03. The predicted molar refractivity (Wildman–Crippen MR) is 134 cm³/mol. The first-order valence-electron chi connectivity index (χ1n) is 12.3. The standard InChI is InChI=1S/C27H30FN5O2/c1-18(2)33-26-21-14-20(22(28)15-23(21)29-17-24(26)31(3)27(33)34)19-8-9-25(30-16-19)35-13-7-12-32-10-5-4-6-11-32/h8-9,14,16,18H,4-7,10-13H2,1-3H3. The normalized spacial score (nSPS) is 14.9. The van der Waals surface area contributed by atoms with Crippen molar-refractivity contribution >= 4 is 21.9 Å². The summed E-state index contributed by atoms with van der Waals surface area (Å²) in [5.41, 5.74) is 2.39. The number of fused-ring (bicyclic) bond motifs is 3. The average Bonchev–Trinajstić information content (AvgIpc) is 3.13. The summed E-state index contributed by atoms with van der Waals surface area (Å²) in [5.74, 6) is -0.00272. The predicted octanol–water partition coefficient (Wildman–Crippen LogP) is 4.53. The van der Waals surface area contributed by atoms with Gasteiger partial charge in [-0.15, -0.1) is 0 Å². The van der Waals surface area contributed by atoms with E-state index in [2.05, 4.69) is 27.1 Å². The van der Waals surface area contributed by atoms with Crippen LogP contribution in [0.2, 0.25) is 0 Å². The molecule has 1 aliphatic heterocycles. The van der Waals surface area contributed by atoms with Crippen LogP contribution < -0.4 is 10.4 Å². The van der Waals surface area contributed by atoms with Crippen molar-refractivity contribution in [3.63, 3.8) is 0 Å². The molecule has 4 aromatic rings. The van der Waals surface area contributed by atoms with E-state index in [0.717, 1.165) is 13.0 Å². The lowest BCUT2D eigenvalue weighted by atomic mass is 10.0. The molecular weight excluding hydrogens is 445 g/mol. The maximum atomic E-state index is 15.0. The Bertz CT molecular complexity index is 1400. The lowest BCUT2D eigenvalue weighted by Crippen LogP contribution is -2.31. The number of likely N-dealkylation sites (tertiary alicyclic amines) is 1. The molecule has 2 radical (unpaired) electrons. The van der Waals surface area contributed by atoms with Crippen LogP contribution in [0, 0.1) is 18.1 Å². The maximum Gasteiger partial charge on any atom is 0.329 e. The molecule has 0 N–H and O–H groups in total. The summed E-state index contributed by atoms with van der Waals surface area (Å²) >= 11 is 0. The number of imidazole rings is 1. The van der Waals surface area contributed by atoms with Crippen molar-refractivity contribution in [1.82, 2.24) is 24.0 Å². The van der Waals surface area contributed by atoms with Crippen LogP contribution in [0.5, 0.6) is 5.88 Å². The summed E-state index contributed by atoms with van der Waals surface area (Å²) in [5, 5.41) is 0.652. The fraction of sp³-hybridized carbons (Fsp3) is 0.444. The molecule has 8 heteroatoms. The number of hydrogen-bond donors (Lipinski definition) is 0. The van der Waals surface area contributed by atoms with E-state index in [9.17, 15) is 4.79 Å². The van der Waals surface area contributed by atoms with Crippen molar-refractivity contribution in [2.24, 2.45) is 7.05 Å². The number of aromatic nitrogens is 4. The molecule has 0 bridgehead atoms. The van der Waals surface area contributed by atoms with Gasteiger partial charge in [-0.1, -0.05) is 6.42 Å². The Hall–Kier alpha value is -3.26. The third-order valence-corrected chi connectivity index (χ3v) is 6.71. The highest BCUT2D eigenvalue weighted by Gasteiger charge is 2.19. The lowest BCUT2D eigenvalue weighted by molar-refractivity contribution is 0.203. The molecule has 1 fully saturated rings. The van der Waals surface area contributed by atoms with Gasteiger partial charge in [0.15, 0.2) is 0 Å². The van der Waals surface area contributed by atoms with Crippen molar-refractivity contribution in [3.8, 4) is 17.0 Å². The topological polar surface area (TPSA) is 65.2 Å². The van der Waals surface area contributed by atoms with Crippen LogP contribution in [0.3, 0.4) is 0 Å². The Morgan fingerprint density at radius 2 is 2.00 bits per heavy atom. The van der Waals surface area contributed by atoms with Crippen molar-refractivity contribution in [2.45, 2.75) is 45.6 Å². The molecule has 0 aliphatic carbocycles. The zero-order valence-electron chi connectivity index (χ0n) is 20.5. The molecule has 0 unspecified atom stereocenters. The van der Waals surface area contributed by atoms with Gasteiger partial charge < -0.3 is 9.64 Å². The molecule has 1 saturated heterocycles. The zero-order chi connectivity index (χ0) is 24.5. The largest absolute Gasteiger partial charge is 0.478 e. The van der Waals surface area contributed by atoms with E-state index < -0.39 is 5.82 Å². The fourth-order valence-electron chi connectivity index (χ4n) is 4.87. The van der Waals surface area contributed by atoms with Gasteiger partial charge in [0.25, 0.3) is 0 Å². The molecule has 1 aliphatic rings. The molecule has 0 saturated carbocycles. The Labute approximate surface area is 204 Å². The molecule has 4 heterocycles. The fourth-order valence-corrected chi connectivity index (χ4v) is 4.87.